The average molecular weight is 169 g/mol. The normalized spacial score (nSPS) is 9.33. The molecule has 0 aliphatic carbocycles. The first-order chi connectivity index (χ1) is 5.20. The second kappa shape index (κ2) is 4.75. The Hall–Kier alpha value is -1.05. The third kappa shape index (κ3) is 2.91. The Morgan fingerprint density at radius 2 is 1.75 bits per heavy atom. The zero-order valence-corrected chi connectivity index (χ0v) is 7.79. The monoisotopic (exact) mass is 169 g/mol. The molecule has 0 radical (unpaired) electrons. The van der Waals surface area contributed by atoms with E-state index < -0.39 is 0 Å². The summed E-state index contributed by atoms with van der Waals surface area (Å²) in [6.07, 6.45) is 0. The molecule has 2 heteroatoms. The largest absolute Gasteiger partial charge is 0.383 e. The molecule has 1 N–H and O–H groups in total. The van der Waals surface area contributed by atoms with E-state index in [9.17, 15) is 0 Å². The number of anilines is 1. The molecule has 0 saturated carbocycles. The maximum Gasteiger partial charge on any atom is 0.0371 e. The van der Waals surface area contributed by atoms with Crippen LogP contribution in [0, 0.1) is 6.92 Å². The first-order valence-corrected chi connectivity index (χ1v) is 4.02. The average Bonchev–Trinajstić information content (AvgIpc) is 1.93. The number of hydrogen-bond acceptors (Lipinski definition) is 1. The van der Waals surface area contributed by atoms with Crippen molar-refractivity contribution < 1.29 is 4.70 Å². The number of aryl methyl sites for hydroxylation is 1. The van der Waals surface area contributed by atoms with Crippen LogP contribution in [0.4, 0.5) is 10.4 Å². The molecule has 1 aromatic rings. The van der Waals surface area contributed by atoms with Gasteiger partial charge in [-0.1, -0.05) is 18.2 Å². The van der Waals surface area contributed by atoms with E-state index in [4.69, 9.17) is 0 Å². The first-order valence-electron chi connectivity index (χ1n) is 4.02. The highest BCUT2D eigenvalue weighted by Gasteiger charge is 1.96. The second-order valence-electron chi connectivity index (χ2n) is 3.11. The van der Waals surface area contributed by atoms with Crippen molar-refractivity contribution in [1.29, 1.82) is 0 Å². The summed E-state index contributed by atoms with van der Waals surface area (Å²) >= 11 is 0. The van der Waals surface area contributed by atoms with Crippen LogP contribution in [-0.2, 0) is 0 Å². The molecule has 0 saturated heterocycles. The van der Waals surface area contributed by atoms with Crippen molar-refractivity contribution in [2.24, 2.45) is 0 Å². The molecule has 0 bridgehead atoms. The summed E-state index contributed by atoms with van der Waals surface area (Å²) in [5.74, 6) is 0. The van der Waals surface area contributed by atoms with Gasteiger partial charge in [0.15, 0.2) is 0 Å². The topological polar surface area (TPSA) is 12.0 Å². The van der Waals surface area contributed by atoms with Gasteiger partial charge in [0.1, 0.15) is 0 Å². The lowest BCUT2D eigenvalue weighted by Gasteiger charge is -2.11. The van der Waals surface area contributed by atoms with E-state index in [1.807, 2.05) is 0 Å². The summed E-state index contributed by atoms with van der Waals surface area (Å²) in [6, 6.07) is 8.84. The van der Waals surface area contributed by atoms with Crippen molar-refractivity contribution in [2.45, 2.75) is 26.8 Å². The number of rotatable bonds is 2. The third-order valence-electron chi connectivity index (χ3n) is 1.59. The number of para-hydroxylation sites is 1. The first kappa shape index (κ1) is 11.0. The fourth-order valence-corrected chi connectivity index (χ4v) is 1.05. The van der Waals surface area contributed by atoms with Gasteiger partial charge in [-0.3, -0.25) is 4.70 Å². The highest BCUT2D eigenvalue weighted by molar-refractivity contribution is 5.50. The molecule has 1 nitrogen and oxygen atoms in total. The Labute approximate surface area is 73.2 Å². The van der Waals surface area contributed by atoms with E-state index >= 15 is 0 Å². The van der Waals surface area contributed by atoms with Gasteiger partial charge < -0.3 is 5.32 Å². The van der Waals surface area contributed by atoms with Crippen LogP contribution >= 0.6 is 0 Å². The van der Waals surface area contributed by atoms with E-state index in [0.717, 1.165) is 0 Å². The molecular formula is C10H16FN. The van der Waals surface area contributed by atoms with E-state index in [1.165, 1.54) is 11.3 Å². The SMILES string of the molecule is Cc1ccccc1NC(C)C.F. The summed E-state index contributed by atoms with van der Waals surface area (Å²) in [6.45, 7) is 6.41. The van der Waals surface area contributed by atoms with Gasteiger partial charge in [0.2, 0.25) is 0 Å². The van der Waals surface area contributed by atoms with Gasteiger partial charge in [-0.15, -0.1) is 0 Å². The van der Waals surface area contributed by atoms with Crippen molar-refractivity contribution in [1.82, 2.24) is 0 Å². The fourth-order valence-electron chi connectivity index (χ4n) is 1.05. The highest BCUT2D eigenvalue weighted by atomic mass is 19.0. The van der Waals surface area contributed by atoms with Gasteiger partial charge >= 0.3 is 0 Å². The van der Waals surface area contributed by atoms with Gasteiger partial charge in [0.05, 0.1) is 0 Å². The van der Waals surface area contributed by atoms with Crippen LogP contribution in [0.15, 0.2) is 24.3 Å². The standard InChI is InChI=1S/C10H15N.FH/c1-8(2)11-10-7-5-4-6-9(10)3;/h4-8,11H,1-3H3;1H. The molecule has 0 amide bonds. The molecule has 0 aromatic heterocycles. The molecule has 12 heavy (non-hydrogen) atoms. The minimum absolute atomic E-state index is 0. The van der Waals surface area contributed by atoms with Crippen LogP contribution < -0.4 is 5.32 Å². The predicted octanol–water partition coefficient (Wildman–Crippen LogP) is 2.97. The summed E-state index contributed by atoms with van der Waals surface area (Å²) in [4.78, 5) is 0. The number of nitrogens with one attached hydrogen (secondary N) is 1. The van der Waals surface area contributed by atoms with Crippen LogP contribution in [0.3, 0.4) is 0 Å². The lowest BCUT2D eigenvalue weighted by Crippen LogP contribution is -2.10. The van der Waals surface area contributed by atoms with Crippen LogP contribution in [0.25, 0.3) is 0 Å². The fraction of sp³-hybridized carbons (Fsp3) is 0.400. The molecule has 0 aliphatic rings. The zero-order chi connectivity index (χ0) is 8.27. The Morgan fingerprint density at radius 3 is 2.25 bits per heavy atom. The van der Waals surface area contributed by atoms with E-state index in [2.05, 4.69) is 50.4 Å². The predicted molar refractivity (Wildman–Crippen MR) is 52.4 cm³/mol. The summed E-state index contributed by atoms with van der Waals surface area (Å²) < 4.78 is 0. The van der Waals surface area contributed by atoms with Gasteiger partial charge in [0, 0.05) is 11.7 Å². The Kier molecular flexibility index (Phi) is 4.34. The quantitative estimate of drug-likeness (QED) is 0.717. The minimum atomic E-state index is 0. The maximum atomic E-state index is 3.37. The Bertz CT molecular complexity index is 233. The molecule has 1 rings (SSSR count). The molecule has 0 unspecified atom stereocenters. The maximum absolute atomic E-state index is 3.37. The summed E-state index contributed by atoms with van der Waals surface area (Å²) in [5, 5.41) is 3.37. The van der Waals surface area contributed by atoms with Gasteiger partial charge in [-0.2, -0.15) is 0 Å². The zero-order valence-electron chi connectivity index (χ0n) is 7.79. The lowest BCUT2D eigenvalue weighted by molar-refractivity contribution is 0.897. The summed E-state index contributed by atoms with van der Waals surface area (Å²) in [7, 11) is 0. The van der Waals surface area contributed by atoms with Gasteiger partial charge in [-0.25, -0.2) is 0 Å². The Morgan fingerprint density at radius 1 is 1.17 bits per heavy atom. The third-order valence-corrected chi connectivity index (χ3v) is 1.59. The van der Waals surface area contributed by atoms with Crippen molar-refractivity contribution in [3.63, 3.8) is 0 Å². The molecule has 0 fully saturated rings. The van der Waals surface area contributed by atoms with Crippen molar-refractivity contribution in [3.8, 4) is 0 Å². The molecule has 0 aliphatic heterocycles. The van der Waals surface area contributed by atoms with E-state index in [0.29, 0.717) is 6.04 Å². The van der Waals surface area contributed by atoms with Crippen LogP contribution in [0.5, 0.6) is 0 Å². The van der Waals surface area contributed by atoms with Gasteiger partial charge in [0.25, 0.3) is 0 Å². The number of hydrogen-bond donors (Lipinski definition) is 1. The van der Waals surface area contributed by atoms with Crippen LogP contribution in [0.2, 0.25) is 0 Å². The molecular weight excluding hydrogens is 153 g/mol. The number of benzene rings is 1. The Balaban J connectivity index is 0.00000121. The molecule has 68 valence electrons. The molecule has 0 spiro atoms. The second-order valence-corrected chi connectivity index (χ2v) is 3.11. The molecule has 0 atom stereocenters. The van der Waals surface area contributed by atoms with Crippen LogP contribution in [-0.4, -0.2) is 6.04 Å². The summed E-state index contributed by atoms with van der Waals surface area (Å²) in [5.41, 5.74) is 2.55. The van der Waals surface area contributed by atoms with Crippen molar-refractivity contribution in [3.05, 3.63) is 29.8 Å². The van der Waals surface area contributed by atoms with Gasteiger partial charge in [-0.05, 0) is 32.4 Å². The van der Waals surface area contributed by atoms with E-state index in [1.54, 1.807) is 0 Å². The number of halogens is 1. The lowest BCUT2D eigenvalue weighted by atomic mass is 10.2. The smallest absolute Gasteiger partial charge is 0.0371 e. The van der Waals surface area contributed by atoms with E-state index in [-0.39, 0.29) is 4.70 Å². The molecule has 0 heterocycles. The highest BCUT2D eigenvalue weighted by Crippen LogP contribution is 2.13. The molecule has 1 aromatic carbocycles. The minimum Gasteiger partial charge on any atom is -0.383 e. The van der Waals surface area contributed by atoms with Crippen LogP contribution in [0.1, 0.15) is 19.4 Å². The van der Waals surface area contributed by atoms with Crippen molar-refractivity contribution in [2.75, 3.05) is 5.32 Å². The van der Waals surface area contributed by atoms with Crippen molar-refractivity contribution >= 4 is 5.69 Å².